The Morgan fingerprint density at radius 2 is 2.00 bits per heavy atom. The number of fused-ring (bicyclic) bond motifs is 1. The highest BCUT2D eigenvalue weighted by Gasteiger charge is 2.09. The Hall–Kier alpha value is -1.63. The van der Waals surface area contributed by atoms with Crippen molar-refractivity contribution in [2.75, 3.05) is 0 Å². The summed E-state index contributed by atoms with van der Waals surface area (Å²) in [5.74, 6) is 0. The molecule has 0 amide bonds. The Labute approximate surface area is 84.3 Å². The number of allylic oxidation sites excluding steroid dienone is 1. The number of para-hydroxylation sites is 1. The molecule has 0 bridgehead atoms. The summed E-state index contributed by atoms with van der Waals surface area (Å²) in [6.07, 6.45) is 1.93. The molecule has 1 aromatic carbocycles. The lowest BCUT2D eigenvalue weighted by Gasteiger charge is -2.01. The molecule has 0 unspecified atom stereocenters. The highest BCUT2D eigenvalue weighted by atomic mass is 15.0. The van der Waals surface area contributed by atoms with Gasteiger partial charge in [0, 0.05) is 24.4 Å². The molecular weight excluding hydrogens is 170 g/mol. The summed E-state index contributed by atoms with van der Waals surface area (Å²) in [7, 11) is 0. The molecule has 1 aromatic heterocycles. The molecule has 0 aliphatic carbocycles. The van der Waals surface area contributed by atoms with Gasteiger partial charge in [-0.1, -0.05) is 18.7 Å². The first-order valence-electron chi connectivity index (χ1n) is 4.82. The predicted molar refractivity (Wildman–Crippen MR) is 59.1 cm³/mol. The van der Waals surface area contributed by atoms with Gasteiger partial charge in [0.05, 0.1) is 0 Å². The highest BCUT2D eigenvalue weighted by molar-refractivity contribution is 5.75. The van der Waals surface area contributed by atoms with Gasteiger partial charge in [0.1, 0.15) is 0 Å². The van der Waals surface area contributed by atoms with E-state index in [1.165, 1.54) is 16.6 Å². The van der Waals surface area contributed by atoms with E-state index in [1.807, 2.05) is 6.08 Å². The second kappa shape index (κ2) is 3.62. The minimum Gasteiger partial charge on any atom is -0.192 e. The van der Waals surface area contributed by atoms with Gasteiger partial charge >= 0.3 is 0 Å². The van der Waals surface area contributed by atoms with Crippen LogP contribution in [0.25, 0.3) is 10.9 Å². The maximum absolute atomic E-state index is 3.78. The summed E-state index contributed by atoms with van der Waals surface area (Å²) >= 11 is 0. The summed E-state index contributed by atoms with van der Waals surface area (Å²) in [6.45, 7) is 6.77. The molecule has 0 spiro atoms. The Morgan fingerprint density at radius 1 is 1.21 bits per heavy atom. The smallest absolute Gasteiger partial charge is 0.192 e. The van der Waals surface area contributed by atoms with E-state index in [0.29, 0.717) is 0 Å². The monoisotopic (exact) mass is 184 g/mol. The standard InChI is InChI=1S/C13H14N/c1-3-10-14-11(2)8-9-12-6-4-5-7-13(12)14/h3-9H,1,10H2,2H3/q+1. The topological polar surface area (TPSA) is 3.88 Å². The van der Waals surface area contributed by atoms with Crippen LogP contribution < -0.4 is 4.57 Å². The third kappa shape index (κ3) is 1.41. The minimum absolute atomic E-state index is 0.868. The van der Waals surface area contributed by atoms with Gasteiger partial charge in [-0.15, -0.1) is 0 Å². The van der Waals surface area contributed by atoms with Gasteiger partial charge < -0.3 is 0 Å². The first-order chi connectivity index (χ1) is 6.83. The molecule has 0 aliphatic rings. The number of hydrogen-bond acceptors (Lipinski definition) is 0. The molecule has 0 aliphatic heterocycles. The second-order valence-electron chi connectivity index (χ2n) is 3.43. The van der Waals surface area contributed by atoms with E-state index in [1.54, 1.807) is 0 Å². The number of rotatable bonds is 2. The van der Waals surface area contributed by atoms with Crippen LogP contribution in [0.15, 0.2) is 49.1 Å². The highest BCUT2D eigenvalue weighted by Crippen LogP contribution is 2.09. The number of aromatic nitrogens is 1. The van der Waals surface area contributed by atoms with Gasteiger partial charge in [-0.05, 0) is 18.2 Å². The van der Waals surface area contributed by atoms with E-state index < -0.39 is 0 Å². The molecule has 0 atom stereocenters. The Balaban J connectivity index is 2.75. The molecule has 2 aromatic rings. The molecule has 1 heterocycles. The molecule has 2 rings (SSSR count). The maximum Gasteiger partial charge on any atom is 0.212 e. The van der Waals surface area contributed by atoms with Crippen molar-refractivity contribution in [2.24, 2.45) is 0 Å². The number of nitrogens with zero attached hydrogens (tertiary/aromatic N) is 1. The fourth-order valence-electron chi connectivity index (χ4n) is 1.74. The molecule has 1 heteroatoms. The fourth-order valence-corrected chi connectivity index (χ4v) is 1.74. The van der Waals surface area contributed by atoms with Gasteiger partial charge in [-0.25, -0.2) is 0 Å². The minimum atomic E-state index is 0.868. The van der Waals surface area contributed by atoms with E-state index in [4.69, 9.17) is 0 Å². The molecule has 70 valence electrons. The Bertz CT molecular complexity index is 472. The van der Waals surface area contributed by atoms with E-state index in [-0.39, 0.29) is 0 Å². The van der Waals surface area contributed by atoms with Crippen LogP contribution in [-0.4, -0.2) is 0 Å². The molecule has 0 radical (unpaired) electrons. The van der Waals surface area contributed by atoms with Crippen molar-refractivity contribution in [3.05, 3.63) is 54.7 Å². The molecule has 0 fully saturated rings. The number of pyridine rings is 1. The average Bonchev–Trinajstić information content (AvgIpc) is 2.23. The van der Waals surface area contributed by atoms with Gasteiger partial charge in [0.2, 0.25) is 5.52 Å². The summed E-state index contributed by atoms with van der Waals surface area (Å²) in [5, 5.41) is 1.28. The third-order valence-corrected chi connectivity index (χ3v) is 2.47. The largest absolute Gasteiger partial charge is 0.212 e. The zero-order valence-corrected chi connectivity index (χ0v) is 8.40. The lowest BCUT2D eigenvalue weighted by atomic mass is 10.2. The molecular formula is C13H14N+. The summed E-state index contributed by atoms with van der Waals surface area (Å²) in [6, 6.07) is 12.7. The summed E-state index contributed by atoms with van der Waals surface area (Å²) < 4.78 is 2.27. The molecule has 0 saturated heterocycles. The fraction of sp³-hybridized carbons (Fsp3) is 0.154. The first-order valence-corrected chi connectivity index (χ1v) is 4.82. The maximum atomic E-state index is 3.78. The Morgan fingerprint density at radius 3 is 2.79 bits per heavy atom. The normalized spacial score (nSPS) is 10.4. The average molecular weight is 184 g/mol. The van der Waals surface area contributed by atoms with E-state index >= 15 is 0 Å². The lowest BCUT2D eigenvalue weighted by molar-refractivity contribution is -0.667. The van der Waals surface area contributed by atoms with Crippen LogP contribution in [0.2, 0.25) is 0 Å². The second-order valence-corrected chi connectivity index (χ2v) is 3.43. The van der Waals surface area contributed by atoms with Crippen LogP contribution in [0.4, 0.5) is 0 Å². The van der Waals surface area contributed by atoms with Crippen molar-refractivity contribution in [2.45, 2.75) is 13.5 Å². The van der Waals surface area contributed by atoms with E-state index in [2.05, 4.69) is 54.5 Å². The van der Waals surface area contributed by atoms with Crippen molar-refractivity contribution >= 4 is 10.9 Å². The van der Waals surface area contributed by atoms with Crippen LogP contribution in [-0.2, 0) is 6.54 Å². The zero-order chi connectivity index (χ0) is 9.97. The van der Waals surface area contributed by atoms with Gasteiger partial charge in [-0.3, -0.25) is 0 Å². The molecule has 1 nitrogen and oxygen atoms in total. The van der Waals surface area contributed by atoms with Gasteiger partial charge in [-0.2, -0.15) is 4.57 Å². The van der Waals surface area contributed by atoms with Crippen molar-refractivity contribution in [1.82, 2.24) is 0 Å². The van der Waals surface area contributed by atoms with Crippen LogP contribution in [0.1, 0.15) is 5.69 Å². The molecule has 14 heavy (non-hydrogen) atoms. The first kappa shape index (κ1) is 8.95. The van der Waals surface area contributed by atoms with Gasteiger partial charge in [0.15, 0.2) is 12.2 Å². The molecule has 0 N–H and O–H groups in total. The lowest BCUT2D eigenvalue weighted by Crippen LogP contribution is -2.36. The number of benzene rings is 1. The predicted octanol–water partition coefficient (Wildman–Crippen LogP) is 2.62. The van der Waals surface area contributed by atoms with Crippen LogP contribution in [0.3, 0.4) is 0 Å². The van der Waals surface area contributed by atoms with Crippen molar-refractivity contribution in [3.8, 4) is 0 Å². The number of aryl methyl sites for hydroxylation is 1. The van der Waals surface area contributed by atoms with Crippen molar-refractivity contribution in [1.29, 1.82) is 0 Å². The van der Waals surface area contributed by atoms with Crippen LogP contribution >= 0.6 is 0 Å². The SMILES string of the molecule is C=CC[n+]1c(C)ccc2ccccc21. The quantitative estimate of drug-likeness (QED) is 0.499. The van der Waals surface area contributed by atoms with Crippen molar-refractivity contribution in [3.63, 3.8) is 0 Å². The Kier molecular flexibility index (Phi) is 2.32. The third-order valence-electron chi connectivity index (χ3n) is 2.47. The number of hydrogen-bond donors (Lipinski definition) is 0. The van der Waals surface area contributed by atoms with E-state index in [0.717, 1.165) is 6.54 Å². The zero-order valence-electron chi connectivity index (χ0n) is 8.40. The van der Waals surface area contributed by atoms with Crippen molar-refractivity contribution < 1.29 is 4.57 Å². The van der Waals surface area contributed by atoms with E-state index in [9.17, 15) is 0 Å². The summed E-state index contributed by atoms with van der Waals surface area (Å²) in [5.41, 5.74) is 2.54. The van der Waals surface area contributed by atoms with Gasteiger partial charge in [0.25, 0.3) is 0 Å². The summed E-state index contributed by atoms with van der Waals surface area (Å²) in [4.78, 5) is 0. The van der Waals surface area contributed by atoms with Crippen LogP contribution in [0.5, 0.6) is 0 Å². The molecule has 0 saturated carbocycles. The van der Waals surface area contributed by atoms with Crippen LogP contribution in [0, 0.1) is 6.92 Å².